The lowest BCUT2D eigenvalue weighted by atomic mass is 10.1. The van der Waals surface area contributed by atoms with Gasteiger partial charge in [0.25, 0.3) is 0 Å². The van der Waals surface area contributed by atoms with Crippen molar-refractivity contribution in [3.05, 3.63) is 71.5 Å². The van der Waals surface area contributed by atoms with Crippen LogP contribution in [0.2, 0.25) is 0 Å². The first-order chi connectivity index (χ1) is 12.3. The second kappa shape index (κ2) is 7.15. The van der Waals surface area contributed by atoms with E-state index in [-0.39, 0.29) is 11.8 Å². The van der Waals surface area contributed by atoms with E-state index in [0.29, 0.717) is 12.5 Å². The number of benzene rings is 1. The van der Waals surface area contributed by atoms with Gasteiger partial charge in [0.2, 0.25) is 5.91 Å². The summed E-state index contributed by atoms with van der Waals surface area (Å²) < 4.78 is 0. The van der Waals surface area contributed by atoms with Gasteiger partial charge in [-0.1, -0.05) is 30.3 Å². The van der Waals surface area contributed by atoms with Crippen LogP contribution in [-0.2, 0) is 11.2 Å². The predicted molar refractivity (Wildman–Crippen MR) is 99.3 cm³/mol. The molecule has 0 spiro atoms. The number of pyridine rings is 1. The predicted octanol–water partition coefficient (Wildman–Crippen LogP) is 3.67. The minimum Gasteiger partial charge on any atom is -0.355 e. The van der Waals surface area contributed by atoms with E-state index in [1.165, 1.54) is 5.56 Å². The molecule has 0 radical (unpaired) electrons. The number of aromatic nitrogens is 2. The van der Waals surface area contributed by atoms with Crippen molar-refractivity contribution in [2.45, 2.75) is 18.8 Å². The fraction of sp³-hybridized carbons (Fsp3) is 0.250. The Morgan fingerprint density at radius 2 is 2.08 bits per heavy atom. The van der Waals surface area contributed by atoms with Crippen LogP contribution in [0.4, 0.5) is 0 Å². The molecule has 3 aromatic rings. The van der Waals surface area contributed by atoms with E-state index in [9.17, 15) is 4.79 Å². The van der Waals surface area contributed by atoms with Gasteiger partial charge in [0.05, 0.1) is 5.69 Å². The Morgan fingerprint density at radius 3 is 2.88 bits per heavy atom. The molecule has 126 valence electrons. The van der Waals surface area contributed by atoms with E-state index in [0.717, 1.165) is 29.1 Å². The van der Waals surface area contributed by atoms with Crippen LogP contribution >= 0.6 is 11.3 Å². The summed E-state index contributed by atoms with van der Waals surface area (Å²) >= 11 is 1.61. The molecular weight excluding hydrogens is 330 g/mol. The van der Waals surface area contributed by atoms with E-state index < -0.39 is 0 Å². The molecule has 1 saturated carbocycles. The molecule has 5 heteroatoms. The highest BCUT2D eigenvalue weighted by molar-refractivity contribution is 7.13. The Balaban J connectivity index is 1.26. The van der Waals surface area contributed by atoms with E-state index >= 15 is 0 Å². The molecule has 0 bridgehead atoms. The normalized spacial score (nSPS) is 18.7. The Kier molecular flexibility index (Phi) is 4.57. The first-order valence-corrected chi connectivity index (χ1v) is 9.36. The van der Waals surface area contributed by atoms with Crippen molar-refractivity contribution < 1.29 is 4.79 Å². The molecule has 1 aromatic carbocycles. The molecule has 1 amide bonds. The number of carbonyl (C=O) groups excluding carboxylic acids is 1. The Bertz CT molecular complexity index is 848. The van der Waals surface area contributed by atoms with E-state index in [2.05, 4.69) is 32.8 Å². The van der Waals surface area contributed by atoms with Gasteiger partial charge in [-0.2, -0.15) is 0 Å². The van der Waals surface area contributed by atoms with Crippen molar-refractivity contribution >= 4 is 17.2 Å². The smallest absolute Gasteiger partial charge is 0.223 e. The van der Waals surface area contributed by atoms with Crippen molar-refractivity contribution in [2.75, 3.05) is 6.54 Å². The molecular formula is C20H19N3OS. The maximum absolute atomic E-state index is 12.3. The minimum atomic E-state index is 0.129. The number of carbonyl (C=O) groups is 1. The van der Waals surface area contributed by atoms with Gasteiger partial charge in [0, 0.05) is 42.2 Å². The SMILES string of the molecule is O=C(NCCc1csc(-c2cccnc2)n1)C1CC1c1ccccc1. The summed E-state index contributed by atoms with van der Waals surface area (Å²) in [7, 11) is 0. The van der Waals surface area contributed by atoms with Crippen LogP contribution in [0.3, 0.4) is 0 Å². The molecule has 2 unspecified atom stereocenters. The quantitative estimate of drug-likeness (QED) is 0.739. The summed E-state index contributed by atoms with van der Waals surface area (Å²) in [5, 5.41) is 6.08. The third-order valence-corrected chi connectivity index (χ3v) is 5.44. The summed E-state index contributed by atoms with van der Waals surface area (Å²) in [5.74, 6) is 0.679. The minimum absolute atomic E-state index is 0.129. The largest absolute Gasteiger partial charge is 0.355 e. The van der Waals surface area contributed by atoms with Crippen molar-refractivity contribution in [3.63, 3.8) is 0 Å². The number of nitrogens with zero attached hydrogens (tertiary/aromatic N) is 2. The number of rotatable bonds is 6. The van der Waals surface area contributed by atoms with Gasteiger partial charge in [-0.05, 0) is 30.0 Å². The standard InChI is InChI=1S/C20H19N3OS/c24-19(18-11-17(18)14-5-2-1-3-6-14)22-10-8-16-13-25-20(23-16)15-7-4-9-21-12-15/h1-7,9,12-13,17-18H,8,10-11H2,(H,22,24). The number of hydrogen-bond acceptors (Lipinski definition) is 4. The Labute approximate surface area is 151 Å². The van der Waals surface area contributed by atoms with Crippen LogP contribution in [-0.4, -0.2) is 22.4 Å². The van der Waals surface area contributed by atoms with Crippen LogP contribution < -0.4 is 5.32 Å². The van der Waals surface area contributed by atoms with Crippen LogP contribution in [0.25, 0.3) is 10.6 Å². The van der Waals surface area contributed by atoms with Crippen LogP contribution in [0.15, 0.2) is 60.2 Å². The highest BCUT2D eigenvalue weighted by Gasteiger charge is 2.43. The second-order valence-electron chi connectivity index (χ2n) is 6.29. The molecule has 1 aliphatic rings. The molecule has 2 atom stereocenters. The molecule has 1 fully saturated rings. The molecule has 2 heterocycles. The summed E-state index contributed by atoms with van der Waals surface area (Å²) in [4.78, 5) is 21.0. The van der Waals surface area contributed by atoms with Gasteiger partial charge in [0.15, 0.2) is 0 Å². The average molecular weight is 349 g/mol. The van der Waals surface area contributed by atoms with Crippen LogP contribution in [0, 0.1) is 5.92 Å². The van der Waals surface area contributed by atoms with E-state index in [1.807, 2.05) is 36.5 Å². The third-order valence-electron chi connectivity index (χ3n) is 4.50. The highest BCUT2D eigenvalue weighted by atomic mass is 32.1. The average Bonchev–Trinajstić information content (AvgIpc) is 3.34. The molecule has 2 aromatic heterocycles. The molecule has 1 aliphatic carbocycles. The molecule has 4 rings (SSSR count). The fourth-order valence-corrected chi connectivity index (χ4v) is 3.89. The van der Waals surface area contributed by atoms with E-state index in [4.69, 9.17) is 0 Å². The first kappa shape index (κ1) is 16.0. The number of thiazole rings is 1. The maximum atomic E-state index is 12.3. The van der Waals surface area contributed by atoms with Crippen molar-refractivity contribution in [1.82, 2.24) is 15.3 Å². The summed E-state index contributed by atoms with van der Waals surface area (Å²) in [6.07, 6.45) is 5.29. The van der Waals surface area contributed by atoms with Crippen LogP contribution in [0.5, 0.6) is 0 Å². The number of amides is 1. The monoisotopic (exact) mass is 349 g/mol. The second-order valence-corrected chi connectivity index (χ2v) is 7.14. The number of hydrogen-bond donors (Lipinski definition) is 1. The van der Waals surface area contributed by atoms with Gasteiger partial charge in [0.1, 0.15) is 5.01 Å². The fourth-order valence-electron chi connectivity index (χ4n) is 3.04. The van der Waals surface area contributed by atoms with Crippen molar-refractivity contribution in [1.29, 1.82) is 0 Å². The zero-order chi connectivity index (χ0) is 17.1. The zero-order valence-corrected chi connectivity index (χ0v) is 14.6. The van der Waals surface area contributed by atoms with Gasteiger partial charge in [-0.15, -0.1) is 11.3 Å². The van der Waals surface area contributed by atoms with Gasteiger partial charge < -0.3 is 5.32 Å². The summed E-state index contributed by atoms with van der Waals surface area (Å²) in [6, 6.07) is 14.2. The Hall–Kier alpha value is -2.53. The van der Waals surface area contributed by atoms with Crippen molar-refractivity contribution in [3.8, 4) is 10.6 Å². The molecule has 0 aliphatic heterocycles. The molecule has 0 saturated heterocycles. The maximum Gasteiger partial charge on any atom is 0.223 e. The van der Waals surface area contributed by atoms with Gasteiger partial charge in [-0.3, -0.25) is 9.78 Å². The topological polar surface area (TPSA) is 54.9 Å². The van der Waals surface area contributed by atoms with Crippen molar-refractivity contribution in [2.24, 2.45) is 5.92 Å². The zero-order valence-electron chi connectivity index (χ0n) is 13.8. The Morgan fingerprint density at radius 1 is 1.20 bits per heavy atom. The lowest BCUT2D eigenvalue weighted by molar-refractivity contribution is -0.122. The molecule has 4 nitrogen and oxygen atoms in total. The summed E-state index contributed by atoms with van der Waals surface area (Å²) in [6.45, 7) is 0.632. The van der Waals surface area contributed by atoms with Crippen LogP contribution in [0.1, 0.15) is 23.6 Å². The molecule has 25 heavy (non-hydrogen) atoms. The molecule has 1 N–H and O–H groups in total. The van der Waals surface area contributed by atoms with E-state index in [1.54, 1.807) is 17.5 Å². The highest BCUT2D eigenvalue weighted by Crippen LogP contribution is 2.47. The lowest BCUT2D eigenvalue weighted by Crippen LogP contribution is -2.27. The van der Waals surface area contributed by atoms with Gasteiger partial charge >= 0.3 is 0 Å². The number of nitrogens with one attached hydrogen (secondary N) is 1. The first-order valence-electron chi connectivity index (χ1n) is 8.49. The lowest BCUT2D eigenvalue weighted by Gasteiger charge is -2.04. The summed E-state index contributed by atoms with van der Waals surface area (Å²) in [5.41, 5.74) is 3.31. The van der Waals surface area contributed by atoms with Gasteiger partial charge in [-0.25, -0.2) is 4.98 Å². The third kappa shape index (κ3) is 3.77.